The van der Waals surface area contributed by atoms with Crippen molar-refractivity contribution in [2.75, 3.05) is 20.7 Å². The molecule has 3 fully saturated rings. The number of ether oxygens (including phenoxy) is 1. The Morgan fingerprint density at radius 1 is 1.11 bits per heavy atom. The fourth-order valence-electron chi connectivity index (χ4n) is 6.49. The van der Waals surface area contributed by atoms with E-state index in [0.29, 0.717) is 36.3 Å². The van der Waals surface area contributed by atoms with E-state index in [1.54, 1.807) is 12.1 Å². The first-order valence-corrected chi connectivity index (χ1v) is 12.4. The predicted octanol–water partition coefficient (Wildman–Crippen LogP) is 2.80. The number of allylic oxidation sites excluding steroid dienone is 2. The lowest BCUT2D eigenvalue weighted by atomic mass is 9.56. The van der Waals surface area contributed by atoms with Crippen LogP contribution >= 0.6 is 23.2 Å². The molecule has 35 heavy (non-hydrogen) atoms. The molecule has 1 N–H and O–H groups in total. The summed E-state index contributed by atoms with van der Waals surface area (Å²) in [6.45, 7) is 2.21. The predicted molar refractivity (Wildman–Crippen MR) is 127 cm³/mol. The van der Waals surface area contributed by atoms with Gasteiger partial charge in [0.05, 0.1) is 18.9 Å². The molecular formula is C25H26Cl2N2O6. The van der Waals surface area contributed by atoms with E-state index in [9.17, 15) is 24.3 Å². The van der Waals surface area contributed by atoms with Crippen LogP contribution in [0.4, 0.5) is 0 Å². The Bertz CT molecular complexity index is 1200. The molecule has 0 aromatic heterocycles. The largest absolute Gasteiger partial charge is 0.508 e. The third kappa shape index (κ3) is 2.93. The minimum atomic E-state index is -1.92. The van der Waals surface area contributed by atoms with Crippen molar-refractivity contribution in [3.05, 3.63) is 35.4 Å². The zero-order valence-corrected chi connectivity index (χ0v) is 21.1. The number of aromatic hydroxyl groups is 1. The van der Waals surface area contributed by atoms with Crippen molar-refractivity contribution in [3.8, 4) is 11.5 Å². The number of methoxy groups -OCH3 is 1. The molecule has 2 aliphatic heterocycles. The average Bonchev–Trinajstić information content (AvgIpc) is 3.15. The first kappa shape index (κ1) is 24.1. The molecule has 0 bridgehead atoms. The van der Waals surface area contributed by atoms with Crippen LogP contribution in [0.15, 0.2) is 29.8 Å². The fraction of sp³-hybridized carbons (Fsp3) is 0.520. The zero-order chi connectivity index (χ0) is 25.4. The Labute approximate surface area is 212 Å². The van der Waals surface area contributed by atoms with E-state index in [1.807, 2.05) is 13.0 Å². The highest BCUT2D eigenvalue weighted by atomic mass is 35.5. The highest BCUT2D eigenvalue weighted by Crippen LogP contribution is 2.66. The summed E-state index contributed by atoms with van der Waals surface area (Å²) in [5.74, 6) is -4.45. The normalized spacial score (nSPS) is 36.2. The quantitative estimate of drug-likeness (QED) is 0.371. The van der Waals surface area contributed by atoms with Gasteiger partial charge in [-0.1, -0.05) is 24.6 Å². The summed E-state index contributed by atoms with van der Waals surface area (Å²) in [7, 11) is 2.79. The Balaban J connectivity index is 1.72. The van der Waals surface area contributed by atoms with Crippen molar-refractivity contribution in [2.24, 2.45) is 17.8 Å². The minimum Gasteiger partial charge on any atom is -0.508 e. The summed E-state index contributed by atoms with van der Waals surface area (Å²) in [6, 6.07) is 4.62. The summed E-state index contributed by atoms with van der Waals surface area (Å²) in [5, 5.41) is 10.9. The second-order valence-electron chi connectivity index (χ2n) is 9.75. The summed E-state index contributed by atoms with van der Waals surface area (Å²) in [5.41, 5.74) is 0.952. The van der Waals surface area contributed by atoms with Gasteiger partial charge in [-0.2, -0.15) is 0 Å². The lowest BCUT2D eigenvalue weighted by Crippen LogP contribution is -2.60. The van der Waals surface area contributed by atoms with Gasteiger partial charge in [0.15, 0.2) is 9.75 Å². The maximum atomic E-state index is 13.5. The second kappa shape index (κ2) is 7.96. The van der Waals surface area contributed by atoms with Crippen molar-refractivity contribution in [3.63, 3.8) is 0 Å². The van der Waals surface area contributed by atoms with Crippen molar-refractivity contribution >= 4 is 46.8 Å². The van der Waals surface area contributed by atoms with Crippen LogP contribution in [0.3, 0.4) is 0 Å². The number of amides is 4. The number of nitrogens with zero attached hydrogens (tertiary/aromatic N) is 2. The molecule has 5 rings (SSSR count). The number of hydrogen-bond acceptors (Lipinski definition) is 6. The Morgan fingerprint density at radius 3 is 2.46 bits per heavy atom. The van der Waals surface area contributed by atoms with E-state index in [0.717, 1.165) is 4.90 Å². The van der Waals surface area contributed by atoms with Gasteiger partial charge in [0, 0.05) is 31.1 Å². The standard InChI is InChI=1S/C25H26Cl2N2O6/c1-4-9-29-20(31)15-8-7-13-16(18(15)21(29)32)11-24(26)22(33)28(2)23(34)25(24,27)19(13)14-6-5-12(35-3)10-17(14)30/h5-7,10,15-16,18-19,30H,4,8-9,11H2,1-3H3/t15-,16+,18-,19+,24+,25-/m0/s1. The third-order valence-electron chi connectivity index (χ3n) is 8.10. The number of phenols is 1. The van der Waals surface area contributed by atoms with Crippen LogP contribution < -0.4 is 4.74 Å². The van der Waals surface area contributed by atoms with Crippen molar-refractivity contribution in [2.45, 2.75) is 41.9 Å². The molecule has 4 amide bonds. The van der Waals surface area contributed by atoms with Crippen LogP contribution in [0, 0.1) is 17.8 Å². The molecule has 1 aromatic rings. The molecule has 6 atom stereocenters. The van der Waals surface area contributed by atoms with E-state index in [1.165, 1.54) is 25.1 Å². The number of fused-ring (bicyclic) bond motifs is 4. The SMILES string of the molecule is CCCN1C(=O)[C@H]2[C@H](CC=C3[C@H]2C[C@@]2(Cl)C(=O)N(C)C(=O)[C@@]2(Cl)[C@H]3c2ccc(OC)cc2O)C1=O. The van der Waals surface area contributed by atoms with E-state index >= 15 is 0 Å². The summed E-state index contributed by atoms with van der Waals surface area (Å²) < 4.78 is 5.20. The highest BCUT2D eigenvalue weighted by Gasteiger charge is 2.76. The molecule has 4 aliphatic rings. The van der Waals surface area contributed by atoms with Gasteiger partial charge in [-0.25, -0.2) is 0 Å². The number of likely N-dealkylation sites (tertiary alicyclic amines) is 2. The van der Waals surface area contributed by atoms with Crippen molar-refractivity contribution in [1.29, 1.82) is 0 Å². The number of hydrogen-bond donors (Lipinski definition) is 1. The molecule has 186 valence electrons. The lowest BCUT2D eigenvalue weighted by molar-refractivity contribution is -0.141. The number of halogens is 2. The molecule has 8 nitrogen and oxygen atoms in total. The number of phenolic OH excluding ortho intramolecular Hbond substituents is 1. The van der Waals surface area contributed by atoms with Gasteiger partial charge in [-0.3, -0.25) is 29.0 Å². The molecule has 1 aromatic carbocycles. The molecule has 2 aliphatic carbocycles. The van der Waals surface area contributed by atoms with Gasteiger partial charge < -0.3 is 9.84 Å². The van der Waals surface area contributed by atoms with Crippen LogP contribution in [0.25, 0.3) is 0 Å². The summed E-state index contributed by atoms with van der Waals surface area (Å²) in [4.78, 5) is 51.8. The Kier molecular flexibility index (Phi) is 5.49. The van der Waals surface area contributed by atoms with Gasteiger partial charge in [0.2, 0.25) is 11.8 Å². The number of imide groups is 2. The lowest BCUT2D eigenvalue weighted by Gasteiger charge is -2.50. The maximum absolute atomic E-state index is 13.5. The van der Waals surface area contributed by atoms with Gasteiger partial charge in [-0.05, 0) is 31.2 Å². The summed E-state index contributed by atoms with van der Waals surface area (Å²) in [6.07, 6.45) is 2.71. The Hall–Kier alpha value is -2.58. The molecular weight excluding hydrogens is 495 g/mol. The van der Waals surface area contributed by atoms with Crippen LogP contribution in [0.2, 0.25) is 0 Å². The van der Waals surface area contributed by atoms with E-state index in [4.69, 9.17) is 27.9 Å². The first-order chi connectivity index (χ1) is 16.5. The fourth-order valence-corrected chi connectivity index (χ4v) is 7.50. The molecule has 0 unspecified atom stereocenters. The number of benzene rings is 1. The van der Waals surface area contributed by atoms with Crippen LogP contribution in [0.1, 0.15) is 37.7 Å². The zero-order valence-electron chi connectivity index (χ0n) is 19.6. The Morgan fingerprint density at radius 2 is 1.83 bits per heavy atom. The topological polar surface area (TPSA) is 104 Å². The van der Waals surface area contributed by atoms with Crippen LogP contribution in [-0.4, -0.2) is 69.0 Å². The number of carbonyl (C=O) groups excluding carboxylic acids is 4. The molecule has 2 heterocycles. The molecule has 0 radical (unpaired) electrons. The molecule has 0 spiro atoms. The third-order valence-corrected chi connectivity index (χ3v) is 9.51. The minimum absolute atomic E-state index is 0.0631. The molecule has 2 saturated heterocycles. The van der Waals surface area contributed by atoms with Crippen LogP contribution in [0.5, 0.6) is 11.5 Å². The van der Waals surface area contributed by atoms with E-state index < -0.39 is 45.2 Å². The van der Waals surface area contributed by atoms with Gasteiger partial charge in [0.25, 0.3) is 11.8 Å². The average molecular weight is 521 g/mol. The smallest absolute Gasteiger partial charge is 0.253 e. The highest BCUT2D eigenvalue weighted by molar-refractivity contribution is 6.53. The van der Waals surface area contributed by atoms with Gasteiger partial charge in [0.1, 0.15) is 11.5 Å². The van der Waals surface area contributed by atoms with Gasteiger partial charge >= 0.3 is 0 Å². The van der Waals surface area contributed by atoms with Gasteiger partial charge in [-0.15, -0.1) is 23.2 Å². The van der Waals surface area contributed by atoms with Crippen molar-refractivity contribution in [1.82, 2.24) is 9.80 Å². The number of carbonyl (C=O) groups is 4. The summed E-state index contributed by atoms with van der Waals surface area (Å²) >= 11 is 14.1. The monoisotopic (exact) mass is 520 g/mol. The van der Waals surface area contributed by atoms with Crippen LogP contribution in [-0.2, 0) is 19.2 Å². The van der Waals surface area contributed by atoms with E-state index in [2.05, 4.69) is 0 Å². The molecule has 10 heteroatoms. The first-order valence-electron chi connectivity index (χ1n) is 11.6. The number of alkyl halides is 2. The van der Waals surface area contributed by atoms with E-state index in [-0.39, 0.29) is 24.0 Å². The second-order valence-corrected chi connectivity index (χ2v) is 11.0. The van der Waals surface area contributed by atoms with Crippen molar-refractivity contribution < 1.29 is 29.0 Å². The number of rotatable bonds is 4. The molecule has 1 saturated carbocycles. The maximum Gasteiger partial charge on any atom is 0.253 e.